The van der Waals surface area contributed by atoms with Crippen LogP contribution in [-0.4, -0.2) is 16.0 Å². The maximum atomic E-state index is 12.3. The number of carbonyl (C=O) groups is 1. The summed E-state index contributed by atoms with van der Waals surface area (Å²) in [6.45, 7) is 0. The fourth-order valence-electron chi connectivity index (χ4n) is 2.68. The first-order valence-corrected chi connectivity index (χ1v) is 8.03. The van der Waals surface area contributed by atoms with Crippen LogP contribution in [-0.2, 0) is 4.79 Å². The number of fused-ring (bicyclic) bond motifs is 1. The molecular weight excluding hydrogens is 363 g/mol. The minimum absolute atomic E-state index is 0.119. The van der Waals surface area contributed by atoms with Gasteiger partial charge in [-0.3, -0.25) is 4.79 Å². The molecule has 1 amide bonds. The van der Waals surface area contributed by atoms with Crippen LogP contribution in [0.5, 0.6) is 5.75 Å². The van der Waals surface area contributed by atoms with Gasteiger partial charge in [0.05, 0.1) is 16.2 Å². The van der Waals surface area contributed by atoms with E-state index in [-0.39, 0.29) is 21.7 Å². The summed E-state index contributed by atoms with van der Waals surface area (Å²) in [6, 6.07) is 8.59. The number of aromatic nitrogens is 1. The number of aromatic hydroxyl groups is 1. The molecule has 7 heteroatoms. The number of nitrogens with zero attached hydrogens (tertiary/aromatic N) is 1. The van der Waals surface area contributed by atoms with Gasteiger partial charge in [0.1, 0.15) is 0 Å². The van der Waals surface area contributed by atoms with Crippen molar-refractivity contribution in [3.8, 4) is 17.1 Å². The molecule has 0 radical (unpaired) electrons. The zero-order valence-electron chi connectivity index (χ0n) is 12.6. The van der Waals surface area contributed by atoms with E-state index in [0.717, 1.165) is 11.1 Å². The molecule has 0 spiro atoms. The van der Waals surface area contributed by atoms with E-state index in [2.05, 4.69) is 10.3 Å². The van der Waals surface area contributed by atoms with E-state index in [1.54, 1.807) is 24.4 Å². The Hall–Kier alpha value is -2.76. The minimum Gasteiger partial charge on any atom is -0.505 e. The van der Waals surface area contributed by atoms with E-state index in [1.807, 2.05) is 18.2 Å². The second-order valence-electron chi connectivity index (χ2n) is 5.47. The van der Waals surface area contributed by atoms with E-state index < -0.39 is 0 Å². The Balaban J connectivity index is 1.82. The number of amides is 1. The van der Waals surface area contributed by atoms with Crippen LogP contribution in [0.15, 0.2) is 47.3 Å². The molecule has 0 aliphatic carbocycles. The number of carbonyl (C=O) groups excluding carboxylic acids is 1. The molecule has 2 heterocycles. The first kappa shape index (κ1) is 15.7. The third-order valence-electron chi connectivity index (χ3n) is 3.87. The molecule has 0 bridgehead atoms. The third kappa shape index (κ3) is 2.77. The molecule has 0 fully saturated rings. The number of nitrogens with one attached hydrogen (secondary N) is 1. The maximum absolute atomic E-state index is 12.3. The average molecular weight is 373 g/mol. The van der Waals surface area contributed by atoms with Crippen LogP contribution in [0.2, 0.25) is 10.0 Å². The molecule has 0 unspecified atom stereocenters. The van der Waals surface area contributed by atoms with Crippen molar-refractivity contribution in [2.45, 2.75) is 0 Å². The van der Waals surface area contributed by atoms with Crippen molar-refractivity contribution < 1.29 is 14.3 Å². The van der Waals surface area contributed by atoms with E-state index >= 15 is 0 Å². The summed E-state index contributed by atoms with van der Waals surface area (Å²) >= 11 is 11.9. The van der Waals surface area contributed by atoms with E-state index in [0.29, 0.717) is 22.6 Å². The minimum atomic E-state index is -0.231. The predicted octanol–water partition coefficient (Wildman–Crippen LogP) is 4.85. The third-order valence-corrected chi connectivity index (χ3v) is 4.45. The maximum Gasteiger partial charge on any atom is 0.256 e. The van der Waals surface area contributed by atoms with Crippen LogP contribution >= 0.6 is 23.2 Å². The number of phenolic OH excluding ortho intramolecular Hbond substituents is 1. The predicted molar refractivity (Wildman–Crippen MR) is 96.6 cm³/mol. The van der Waals surface area contributed by atoms with Gasteiger partial charge >= 0.3 is 0 Å². The van der Waals surface area contributed by atoms with Gasteiger partial charge in [-0.25, -0.2) is 4.98 Å². The van der Waals surface area contributed by atoms with E-state index in [1.165, 1.54) is 6.39 Å². The Morgan fingerprint density at radius 1 is 1.16 bits per heavy atom. The van der Waals surface area contributed by atoms with Crippen LogP contribution in [0.3, 0.4) is 0 Å². The number of oxazole rings is 1. The van der Waals surface area contributed by atoms with Crippen molar-refractivity contribution in [3.63, 3.8) is 0 Å². The van der Waals surface area contributed by atoms with Gasteiger partial charge in [0.2, 0.25) is 0 Å². The molecule has 124 valence electrons. The first-order chi connectivity index (χ1) is 12.0. The summed E-state index contributed by atoms with van der Waals surface area (Å²) < 4.78 is 5.31. The molecule has 1 aromatic heterocycles. The number of phenols is 1. The van der Waals surface area contributed by atoms with Gasteiger partial charge < -0.3 is 14.8 Å². The second-order valence-corrected chi connectivity index (χ2v) is 6.29. The van der Waals surface area contributed by atoms with Crippen molar-refractivity contribution >= 4 is 46.4 Å². The molecule has 1 aliphatic rings. The summed E-state index contributed by atoms with van der Waals surface area (Å²) in [6.07, 6.45) is 4.63. The quantitative estimate of drug-likeness (QED) is 0.630. The fourth-order valence-corrected chi connectivity index (χ4v) is 3.18. The molecule has 25 heavy (non-hydrogen) atoms. The number of benzene rings is 2. The molecule has 2 aromatic carbocycles. The first-order valence-electron chi connectivity index (χ1n) is 7.27. The average Bonchev–Trinajstić information content (AvgIpc) is 3.21. The van der Waals surface area contributed by atoms with Gasteiger partial charge in [-0.15, -0.1) is 0 Å². The summed E-state index contributed by atoms with van der Waals surface area (Å²) in [5, 5.41) is 12.7. The van der Waals surface area contributed by atoms with Crippen LogP contribution < -0.4 is 5.32 Å². The Morgan fingerprint density at radius 3 is 2.60 bits per heavy atom. The highest BCUT2D eigenvalue weighted by Gasteiger charge is 2.25. The van der Waals surface area contributed by atoms with Gasteiger partial charge in [-0.05, 0) is 42.0 Å². The molecule has 0 saturated heterocycles. The number of rotatable bonds is 2. The molecule has 0 atom stereocenters. The zero-order chi connectivity index (χ0) is 17.6. The van der Waals surface area contributed by atoms with Crippen molar-refractivity contribution in [3.05, 3.63) is 64.1 Å². The molecule has 3 aromatic rings. The summed E-state index contributed by atoms with van der Waals surface area (Å²) in [5.74, 6) is 0.191. The van der Waals surface area contributed by atoms with Gasteiger partial charge in [-0.2, -0.15) is 0 Å². The molecule has 4 rings (SSSR count). The standard InChI is InChI=1S/C18H10Cl2N2O3/c19-13-4-9(5-14(20)17(13)23)3-12-11-6-10(16-7-21-8-25-16)1-2-15(11)22-18(12)24/h1-8,23H,(H,22,24). The Bertz CT molecular complexity index is 1000. The lowest BCUT2D eigenvalue weighted by Gasteiger charge is -2.04. The molecule has 5 nitrogen and oxygen atoms in total. The van der Waals surface area contributed by atoms with E-state index in [9.17, 15) is 9.90 Å². The smallest absolute Gasteiger partial charge is 0.256 e. The lowest BCUT2D eigenvalue weighted by Crippen LogP contribution is -2.03. The highest BCUT2D eigenvalue weighted by Crippen LogP contribution is 2.38. The van der Waals surface area contributed by atoms with Gasteiger partial charge in [-0.1, -0.05) is 23.2 Å². The Morgan fingerprint density at radius 2 is 1.92 bits per heavy atom. The van der Waals surface area contributed by atoms with Crippen LogP contribution in [0.4, 0.5) is 5.69 Å². The van der Waals surface area contributed by atoms with Crippen LogP contribution in [0, 0.1) is 0 Å². The zero-order valence-corrected chi connectivity index (χ0v) is 14.1. The molecular formula is C18H10Cl2N2O3. The fraction of sp³-hybridized carbons (Fsp3) is 0. The molecule has 2 N–H and O–H groups in total. The van der Waals surface area contributed by atoms with Gasteiger partial charge in [0.15, 0.2) is 17.9 Å². The summed E-state index contributed by atoms with van der Waals surface area (Å²) in [5.41, 5.74) is 3.32. The lowest BCUT2D eigenvalue weighted by atomic mass is 10.0. The van der Waals surface area contributed by atoms with Crippen molar-refractivity contribution in [1.82, 2.24) is 4.98 Å². The van der Waals surface area contributed by atoms with Crippen LogP contribution in [0.25, 0.3) is 23.0 Å². The number of anilines is 1. The van der Waals surface area contributed by atoms with Gasteiger partial charge in [0.25, 0.3) is 5.91 Å². The van der Waals surface area contributed by atoms with Crippen LogP contribution in [0.1, 0.15) is 11.1 Å². The number of halogens is 2. The monoisotopic (exact) mass is 372 g/mol. The Labute approximate surface area is 152 Å². The largest absolute Gasteiger partial charge is 0.505 e. The summed E-state index contributed by atoms with van der Waals surface area (Å²) in [4.78, 5) is 16.2. The Kier molecular flexibility index (Phi) is 3.75. The normalized spacial score (nSPS) is 14.6. The van der Waals surface area contributed by atoms with Crippen molar-refractivity contribution in [1.29, 1.82) is 0 Å². The topological polar surface area (TPSA) is 75.4 Å². The molecule has 1 aliphatic heterocycles. The molecule has 0 saturated carbocycles. The number of hydrogen-bond donors (Lipinski definition) is 2. The number of hydrogen-bond acceptors (Lipinski definition) is 4. The van der Waals surface area contributed by atoms with Crippen molar-refractivity contribution in [2.75, 3.05) is 5.32 Å². The highest BCUT2D eigenvalue weighted by molar-refractivity contribution is 6.38. The van der Waals surface area contributed by atoms with Crippen molar-refractivity contribution in [2.24, 2.45) is 0 Å². The second kappa shape index (κ2) is 5.95. The summed E-state index contributed by atoms with van der Waals surface area (Å²) in [7, 11) is 0. The van der Waals surface area contributed by atoms with Gasteiger partial charge in [0, 0.05) is 22.4 Å². The lowest BCUT2D eigenvalue weighted by molar-refractivity contribution is -0.110. The van der Waals surface area contributed by atoms with E-state index in [4.69, 9.17) is 27.6 Å². The highest BCUT2D eigenvalue weighted by atomic mass is 35.5. The SMILES string of the molecule is O=C1Nc2ccc(-c3cnco3)cc2C1=Cc1cc(Cl)c(O)c(Cl)c1.